The molecular weight excluding hydrogens is 398 g/mol. The Bertz CT molecular complexity index is 1110. The molecule has 3 aromatic rings. The molecule has 0 atom stereocenters. The lowest BCUT2D eigenvalue weighted by molar-refractivity contribution is 0.0943. The lowest BCUT2D eigenvalue weighted by Crippen LogP contribution is -2.30. The molecule has 0 bridgehead atoms. The van der Waals surface area contributed by atoms with E-state index in [1.165, 1.54) is 17.3 Å². The summed E-state index contributed by atoms with van der Waals surface area (Å²) in [5.74, 6) is 0.520. The van der Waals surface area contributed by atoms with Gasteiger partial charge in [-0.1, -0.05) is 41.6 Å². The zero-order valence-electron chi connectivity index (χ0n) is 17.8. The fourth-order valence-corrected chi connectivity index (χ4v) is 4.10. The number of thioether (sulfide) groups is 1. The van der Waals surface area contributed by atoms with Crippen LogP contribution >= 0.6 is 11.8 Å². The minimum atomic E-state index is -0.175. The highest BCUT2D eigenvalue weighted by atomic mass is 32.2. The summed E-state index contributed by atoms with van der Waals surface area (Å²) in [4.78, 5) is 30.2. The summed E-state index contributed by atoms with van der Waals surface area (Å²) < 4.78 is 6.84. The largest absolute Gasteiger partial charge is 0.383 e. The Morgan fingerprint density at radius 3 is 2.73 bits per heavy atom. The minimum Gasteiger partial charge on any atom is -0.383 e. The number of aromatic nitrogens is 2. The average Bonchev–Trinajstić information content (AvgIpc) is 2.71. The maximum Gasteiger partial charge on any atom is 0.262 e. The first-order valence-corrected chi connectivity index (χ1v) is 10.9. The predicted octanol–water partition coefficient (Wildman–Crippen LogP) is 3.78. The molecule has 0 saturated carbocycles. The second kappa shape index (κ2) is 9.91. The zero-order chi connectivity index (χ0) is 21.7. The van der Waals surface area contributed by atoms with Crippen LogP contribution in [0.3, 0.4) is 0 Å². The molecule has 0 aliphatic heterocycles. The van der Waals surface area contributed by atoms with Gasteiger partial charge in [0.25, 0.3) is 11.5 Å². The van der Waals surface area contributed by atoms with Crippen molar-refractivity contribution in [2.45, 2.75) is 44.3 Å². The predicted molar refractivity (Wildman–Crippen MR) is 121 cm³/mol. The van der Waals surface area contributed by atoms with E-state index in [-0.39, 0.29) is 17.5 Å². The molecule has 0 aliphatic rings. The number of carbonyl (C=O) groups excluding carboxylic acids is 1. The van der Waals surface area contributed by atoms with Crippen LogP contribution in [0.25, 0.3) is 10.9 Å². The van der Waals surface area contributed by atoms with Crippen molar-refractivity contribution in [3.8, 4) is 0 Å². The highest BCUT2D eigenvalue weighted by Crippen LogP contribution is 2.23. The van der Waals surface area contributed by atoms with E-state index in [0.717, 1.165) is 5.56 Å². The number of nitrogens with zero attached hydrogens (tertiary/aromatic N) is 2. The Kier molecular flexibility index (Phi) is 7.29. The van der Waals surface area contributed by atoms with Crippen LogP contribution in [-0.4, -0.2) is 35.2 Å². The monoisotopic (exact) mass is 425 g/mol. The van der Waals surface area contributed by atoms with Gasteiger partial charge in [-0.25, -0.2) is 4.98 Å². The van der Waals surface area contributed by atoms with Crippen LogP contribution in [0.15, 0.2) is 52.4 Å². The normalized spacial score (nSPS) is 11.2. The molecule has 0 aliphatic carbocycles. The van der Waals surface area contributed by atoms with Crippen molar-refractivity contribution in [1.82, 2.24) is 14.9 Å². The summed E-state index contributed by atoms with van der Waals surface area (Å²) >= 11 is 1.51. The molecule has 1 aromatic heterocycles. The Morgan fingerprint density at radius 2 is 2.03 bits per heavy atom. The average molecular weight is 426 g/mol. The van der Waals surface area contributed by atoms with Crippen molar-refractivity contribution in [2.24, 2.45) is 0 Å². The Balaban J connectivity index is 2.00. The number of methoxy groups -OCH3 is 1. The van der Waals surface area contributed by atoms with Crippen molar-refractivity contribution in [1.29, 1.82) is 0 Å². The van der Waals surface area contributed by atoms with E-state index in [9.17, 15) is 9.59 Å². The molecule has 7 heteroatoms. The first-order chi connectivity index (χ1) is 14.4. The van der Waals surface area contributed by atoms with Crippen molar-refractivity contribution >= 4 is 28.6 Å². The van der Waals surface area contributed by atoms with Gasteiger partial charge in [-0.05, 0) is 44.5 Å². The van der Waals surface area contributed by atoms with Gasteiger partial charge in [-0.15, -0.1) is 0 Å². The SMILES string of the molecule is COCCn1c(SCc2cccc(C)c2)nc2cc(C(=O)NC(C)C)ccc2c1=O. The van der Waals surface area contributed by atoms with E-state index in [1.807, 2.05) is 19.9 Å². The third-order valence-corrected chi connectivity index (χ3v) is 5.62. The topological polar surface area (TPSA) is 73.2 Å². The van der Waals surface area contributed by atoms with E-state index in [1.54, 1.807) is 29.9 Å². The van der Waals surface area contributed by atoms with Crippen LogP contribution in [0.1, 0.15) is 35.3 Å². The van der Waals surface area contributed by atoms with Gasteiger partial charge in [0.1, 0.15) is 0 Å². The maximum atomic E-state index is 13.1. The van der Waals surface area contributed by atoms with Crippen molar-refractivity contribution in [3.05, 3.63) is 69.5 Å². The van der Waals surface area contributed by atoms with E-state index < -0.39 is 0 Å². The molecule has 1 N–H and O–H groups in total. The Hall–Kier alpha value is -2.64. The molecule has 30 heavy (non-hydrogen) atoms. The molecule has 0 fully saturated rings. The van der Waals surface area contributed by atoms with Gasteiger partial charge in [0.05, 0.1) is 24.1 Å². The van der Waals surface area contributed by atoms with Gasteiger partial charge < -0.3 is 10.1 Å². The van der Waals surface area contributed by atoms with Gasteiger partial charge in [0.2, 0.25) is 0 Å². The number of fused-ring (bicyclic) bond motifs is 1. The number of nitrogens with one attached hydrogen (secondary N) is 1. The number of benzene rings is 2. The van der Waals surface area contributed by atoms with Crippen LogP contribution < -0.4 is 10.9 Å². The molecule has 1 heterocycles. The van der Waals surface area contributed by atoms with Gasteiger partial charge in [0.15, 0.2) is 5.16 Å². The molecular formula is C23H27N3O3S. The lowest BCUT2D eigenvalue weighted by Gasteiger charge is -2.14. The standard InChI is InChI=1S/C23H27N3O3S/c1-15(2)24-21(27)18-8-9-19-20(13-18)25-23(26(22(19)28)10-11-29-4)30-14-17-7-5-6-16(3)12-17/h5-9,12-13,15H,10-11,14H2,1-4H3,(H,24,27). The van der Waals surface area contributed by atoms with E-state index in [4.69, 9.17) is 9.72 Å². The second-order valence-corrected chi connectivity index (χ2v) is 8.42. The summed E-state index contributed by atoms with van der Waals surface area (Å²) in [7, 11) is 1.61. The Labute approximate surface area is 180 Å². The van der Waals surface area contributed by atoms with Crippen LogP contribution in [0.5, 0.6) is 0 Å². The first-order valence-electron chi connectivity index (χ1n) is 9.91. The van der Waals surface area contributed by atoms with Crippen molar-refractivity contribution in [3.63, 3.8) is 0 Å². The van der Waals surface area contributed by atoms with E-state index >= 15 is 0 Å². The summed E-state index contributed by atoms with van der Waals surface area (Å²) in [5.41, 5.74) is 3.25. The van der Waals surface area contributed by atoms with Crippen LogP contribution in [0.4, 0.5) is 0 Å². The zero-order valence-corrected chi connectivity index (χ0v) is 18.6. The molecule has 3 rings (SSSR count). The first kappa shape index (κ1) is 22.1. The third kappa shape index (κ3) is 5.29. The summed E-state index contributed by atoms with van der Waals surface area (Å²) in [6.07, 6.45) is 0. The number of amides is 1. The molecule has 158 valence electrons. The second-order valence-electron chi connectivity index (χ2n) is 7.48. The smallest absolute Gasteiger partial charge is 0.262 e. The molecule has 0 spiro atoms. The lowest BCUT2D eigenvalue weighted by atomic mass is 10.1. The summed E-state index contributed by atoms with van der Waals surface area (Å²) in [5, 5.41) is 3.98. The highest BCUT2D eigenvalue weighted by Gasteiger charge is 2.15. The van der Waals surface area contributed by atoms with E-state index in [0.29, 0.717) is 40.5 Å². The highest BCUT2D eigenvalue weighted by molar-refractivity contribution is 7.98. The number of hydrogen-bond acceptors (Lipinski definition) is 5. The molecule has 0 radical (unpaired) electrons. The van der Waals surface area contributed by atoms with Crippen molar-refractivity contribution in [2.75, 3.05) is 13.7 Å². The van der Waals surface area contributed by atoms with Gasteiger partial charge >= 0.3 is 0 Å². The van der Waals surface area contributed by atoms with Crippen molar-refractivity contribution < 1.29 is 9.53 Å². The fraction of sp³-hybridized carbons (Fsp3) is 0.348. The van der Waals surface area contributed by atoms with E-state index in [2.05, 4.69) is 30.4 Å². The minimum absolute atomic E-state index is 0.0312. The fourth-order valence-electron chi connectivity index (χ4n) is 3.13. The maximum absolute atomic E-state index is 13.1. The number of hydrogen-bond donors (Lipinski definition) is 1. The van der Waals surface area contributed by atoms with Crippen LogP contribution in [0, 0.1) is 6.92 Å². The molecule has 0 unspecified atom stereocenters. The Morgan fingerprint density at radius 1 is 1.23 bits per heavy atom. The van der Waals surface area contributed by atoms with Gasteiger partial charge in [0, 0.05) is 24.5 Å². The van der Waals surface area contributed by atoms with Gasteiger partial charge in [-0.3, -0.25) is 14.2 Å². The molecule has 1 amide bonds. The third-order valence-electron chi connectivity index (χ3n) is 4.57. The number of rotatable bonds is 8. The number of ether oxygens (including phenoxy) is 1. The van der Waals surface area contributed by atoms with Crippen LogP contribution in [0.2, 0.25) is 0 Å². The quantitative estimate of drug-likeness (QED) is 0.439. The molecule has 2 aromatic carbocycles. The number of carbonyl (C=O) groups is 1. The summed E-state index contributed by atoms with van der Waals surface area (Å²) in [6.45, 7) is 6.71. The van der Waals surface area contributed by atoms with Crippen LogP contribution in [-0.2, 0) is 17.0 Å². The number of aryl methyl sites for hydroxylation is 1. The molecule has 6 nitrogen and oxygen atoms in total. The summed E-state index contributed by atoms with van der Waals surface area (Å²) in [6, 6.07) is 13.3. The molecule has 0 saturated heterocycles. The van der Waals surface area contributed by atoms with Gasteiger partial charge in [-0.2, -0.15) is 0 Å².